The topological polar surface area (TPSA) is 93.9 Å². The van der Waals surface area contributed by atoms with Gasteiger partial charge in [-0.2, -0.15) is 0 Å². The summed E-state index contributed by atoms with van der Waals surface area (Å²) >= 11 is 0. The van der Waals surface area contributed by atoms with Crippen molar-refractivity contribution >= 4 is 11.9 Å². The van der Waals surface area contributed by atoms with Crippen molar-refractivity contribution in [2.45, 2.75) is 46.4 Å². The van der Waals surface area contributed by atoms with Gasteiger partial charge >= 0.3 is 11.9 Å². The molecule has 0 fully saturated rings. The quantitative estimate of drug-likeness (QED) is 0.458. The number of hydrogen-bond donors (Lipinski definition) is 1. The van der Waals surface area contributed by atoms with Gasteiger partial charge < -0.3 is 14.6 Å². The van der Waals surface area contributed by atoms with Gasteiger partial charge in [-0.15, -0.1) is 5.10 Å². The van der Waals surface area contributed by atoms with Crippen molar-refractivity contribution in [3.05, 3.63) is 12.3 Å². The Balaban J connectivity index is 2.84. The van der Waals surface area contributed by atoms with Crippen molar-refractivity contribution < 1.29 is 24.2 Å². The first kappa shape index (κ1) is 19.0. The Labute approximate surface area is 136 Å². The zero-order valence-corrected chi connectivity index (χ0v) is 14.3. The Bertz CT molecular complexity index is 531. The standard InChI is InChI=1S/C15H25N3O5/c1-6-17(7-2)10-12(23-14(21)13(19)20)22-11-8-9-18(16-11)15(3,4)5/h8-9,12H,6-7,10H2,1-5H3,(H,19,20). The number of carbonyl (C=O) groups is 2. The van der Waals surface area contributed by atoms with Crippen LogP contribution in [0.2, 0.25) is 0 Å². The molecule has 0 bridgehead atoms. The lowest BCUT2D eigenvalue weighted by Crippen LogP contribution is -2.39. The maximum Gasteiger partial charge on any atom is 0.420 e. The number of carboxylic acid groups (broad SMARTS) is 1. The first-order valence-electron chi connectivity index (χ1n) is 7.56. The Kier molecular flexibility index (Phi) is 6.56. The average molecular weight is 327 g/mol. The number of aliphatic carboxylic acids is 1. The van der Waals surface area contributed by atoms with Crippen molar-refractivity contribution in [1.82, 2.24) is 14.7 Å². The third-order valence-electron chi connectivity index (χ3n) is 3.22. The molecule has 1 aromatic rings. The summed E-state index contributed by atoms with van der Waals surface area (Å²) in [5, 5.41) is 13.0. The fraction of sp³-hybridized carbons (Fsp3) is 0.667. The minimum atomic E-state index is -1.65. The Hall–Kier alpha value is -2.09. The van der Waals surface area contributed by atoms with Gasteiger partial charge in [-0.05, 0) is 33.9 Å². The van der Waals surface area contributed by atoms with Crippen LogP contribution < -0.4 is 4.74 Å². The minimum Gasteiger partial charge on any atom is -0.473 e. The summed E-state index contributed by atoms with van der Waals surface area (Å²) in [5.74, 6) is -2.73. The maximum absolute atomic E-state index is 11.3. The molecule has 0 radical (unpaired) electrons. The molecule has 1 rings (SSSR count). The van der Waals surface area contributed by atoms with Crippen LogP contribution in [0, 0.1) is 0 Å². The van der Waals surface area contributed by atoms with E-state index in [2.05, 4.69) is 5.10 Å². The second-order valence-electron chi connectivity index (χ2n) is 6.01. The number of ether oxygens (including phenoxy) is 2. The van der Waals surface area contributed by atoms with Crippen LogP contribution in [0.1, 0.15) is 34.6 Å². The molecule has 8 heteroatoms. The van der Waals surface area contributed by atoms with Gasteiger partial charge in [-0.1, -0.05) is 13.8 Å². The van der Waals surface area contributed by atoms with Gasteiger partial charge in [0.1, 0.15) is 0 Å². The largest absolute Gasteiger partial charge is 0.473 e. The molecule has 0 saturated heterocycles. The van der Waals surface area contributed by atoms with E-state index in [9.17, 15) is 9.59 Å². The molecule has 1 heterocycles. The lowest BCUT2D eigenvalue weighted by molar-refractivity contribution is -0.179. The average Bonchev–Trinajstić information content (AvgIpc) is 2.92. The number of nitrogens with zero attached hydrogens (tertiary/aromatic N) is 3. The molecular formula is C15H25N3O5. The van der Waals surface area contributed by atoms with Crippen LogP contribution in [0.15, 0.2) is 12.3 Å². The molecule has 0 aliphatic rings. The van der Waals surface area contributed by atoms with Crippen molar-refractivity contribution in [3.63, 3.8) is 0 Å². The van der Waals surface area contributed by atoms with Gasteiger partial charge in [-0.3, -0.25) is 9.58 Å². The number of aromatic nitrogens is 2. The molecule has 1 atom stereocenters. The van der Waals surface area contributed by atoms with E-state index in [1.54, 1.807) is 16.9 Å². The van der Waals surface area contributed by atoms with Crippen molar-refractivity contribution in [2.24, 2.45) is 0 Å². The molecule has 1 aromatic heterocycles. The van der Waals surface area contributed by atoms with Crippen LogP contribution in [0.5, 0.6) is 5.88 Å². The number of carbonyl (C=O) groups excluding carboxylic acids is 1. The second kappa shape index (κ2) is 7.96. The fourth-order valence-electron chi connectivity index (χ4n) is 1.84. The Morgan fingerprint density at radius 3 is 2.39 bits per heavy atom. The third kappa shape index (κ3) is 5.90. The van der Waals surface area contributed by atoms with Gasteiger partial charge in [-0.25, -0.2) is 9.59 Å². The number of likely N-dealkylation sites (N-methyl/N-ethyl adjacent to an activating group) is 1. The van der Waals surface area contributed by atoms with Crippen LogP contribution in [0.4, 0.5) is 0 Å². The maximum atomic E-state index is 11.3. The van der Waals surface area contributed by atoms with Crippen LogP contribution in [-0.4, -0.2) is 57.6 Å². The molecule has 0 aliphatic carbocycles. The molecule has 8 nitrogen and oxygen atoms in total. The van der Waals surface area contributed by atoms with E-state index >= 15 is 0 Å². The van der Waals surface area contributed by atoms with E-state index in [0.717, 1.165) is 13.1 Å². The number of esters is 1. The summed E-state index contributed by atoms with van der Waals surface area (Å²) < 4.78 is 12.2. The molecule has 23 heavy (non-hydrogen) atoms. The zero-order valence-electron chi connectivity index (χ0n) is 14.3. The predicted molar refractivity (Wildman–Crippen MR) is 83.2 cm³/mol. The minimum absolute atomic E-state index is 0.215. The van der Waals surface area contributed by atoms with E-state index in [-0.39, 0.29) is 18.0 Å². The zero-order chi connectivity index (χ0) is 17.6. The first-order valence-corrected chi connectivity index (χ1v) is 7.56. The van der Waals surface area contributed by atoms with Crippen molar-refractivity contribution in [1.29, 1.82) is 0 Å². The smallest absolute Gasteiger partial charge is 0.420 e. The van der Waals surface area contributed by atoms with Gasteiger partial charge in [0.05, 0.1) is 12.1 Å². The fourth-order valence-corrected chi connectivity index (χ4v) is 1.84. The third-order valence-corrected chi connectivity index (χ3v) is 3.22. The molecule has 0 saturated carbocycles. The van der Waals surface area contributed by atoms with Crippen LogP contribution in [-0.2, 0) is 19.9 Å². The molecule has 0 spiro atoms. The van der Waals surface area contributed by atoms with Crippen LogP contribution in [0.3, 0.4) is 0 Å². The summed E-state index contributed by atoms with van der Waals surface area (Å²) in [5.41, 5.74) is -0.215. The molecule has 1 N–H and O–H groups in total. The van der Waals surface area contributed by atoms with Gasteiger partial charge in [0.25, 0.3) is 6.29 Å². The van der Waals surface area contributed by atoms with Crippen molar-refractivity contribution in [3.8, 4) is 5.88 Å². The van der Waals surface area contributed by atoms with E-state index in [4.69, 9.17) is 14.6 Å². The molecule has 1 unspecified atom stereocenters. The highest BCUT2D eigenvalue weighted by Gasteiger charge is 2.24. The Morgan fingerprint density at radius 2 is 1.96 bits per heavy atom. The van der Waals surface area contributed by atoms with E-state index in [1.165, 1.54) is 0 Å². The highest BCUT2D eigenvalue weighted by atomic mass is 16.7. The van der Waals surface area contributed by atoms with E-state index < -0.39 is 18.2 Å². The number of rotatable bonds is 7. The monoisotopic (exact) mass is 327 g/mol. The predicted octanol–water partition coefficient (Wildman–Crippen LogP) is 1.31. The second-order valence-corrected chi connectivity index (χ2v) is 6.01. The highest BCUT2D eigenvalue weighted by Crippen LogP contribution is 2.17. The van der Waals surface area contributed by atoms with Crippen molar-refractivity contribution in [2.75, 3.05) is 19.6 Å². The molecule has 130 valence electrons. The summed E-state index contributed by atoms with van der Waals surface area (Å²) in [6.45, 7) is 11.6. The summed E-state index contributed by atoms with van der Waals surface area (Å²) in [6.07, 6.45) is 0.713. The van der Waals surface area contributed by atoms with Gasteiger partial charge in [0, 0.05) is 12.3 Å². The number of carboxylic acids is 1. The number of hydrogen-bond acceptors (Lipinski definition) is 6. The summed E-state index contributed by atoms with van der Waals surface area (Å²) in [4.78, 5) is 24.0. The first-order chi connectivity index (χ1) is 10.7. The molecule has 0 aromatic carbocycles. The summed E-state index contributed by atoms with van der Waals surface area (Å²) in [6, 6.07) is 1.65. The Morgan fingerprint density at radius 1 is 1.35 bits per heavy atom. The normalized spacial score (nSPS) is 13.0. The van der Waals surface area contributed by atoms with Gasteiger partial charge in [0.2, 0.25) is 5.88 Å². The molecule has 0 aliphatic heterocycles. The lowest BCUT2D eigenvalue weighted by Gasteiger charge is -2.24. The molecular weight excluding hydrogens is 302 g/mol. The molecule has 0 amide bonds. The van der Waals surface area contributed by atoms with Crippen LogP contribution >= 0.6 is 0 Å². The van der Waals surface area contributed by atoms with E-state index in [0.29, 0.717) is 0 Å². The van der Waals surface area contributed by atoms with Gasteiger partial charge in [0.15, 0.2) is 0 Å². The highest BCUT2D eigenvalue weighted by molar-refractivity contribution is 6.28. The SMILES string of the molecule is CCN(CC)CC(OC(=O)C(=O)O)Oc1ccn(C(C)(C)C)n1. The lowest BCUT2D eigenvalue weighted by atomic mass is 10.1. The van der Waals surface area contributed by atoms with E-state index in [1.807, 2.05) is 39.5 Å². The van der Waals surface area contributed by atoms with Crippen LogP contribution in [0.25, 0.3) is 0 Å². The summed E-state index contributed by atoms with van der Waals surface area (Å²) in [7, 11) is 0.